The van der Waals surface area contributed by atoms with E-state index in [-0.39, 0.29) is 11.0 Å². The number of benzene rings is 2. The fourth-order valence-corrected chi connectivity index (χ4v) is 3.36. The van der Waals surface area contributed by atoms with E-state index in [4.69, 9.17) is 16.1 Å². The number of rotatable bonds is 5. The average molecular weight is 347 g/mol. The van der Waals surface area contributed by atoms with E-state index >= 15 is 0 Å². The Hall–Kier alpha value is -1.98. The zero-order valence-corrected chi connectivity index (χ0v) is 14.1. The monoisotopic (exact) mass is 346 g/mol. The van der Waals surface area contributed by atoms with Gasteiger partial charge in [-0.2, -0.15) is 4.98 Å². The SMILES string of the molecule is C[C@H](c1ccc(Cl)cc1)[S@@](=O)Cc1noc(-c2ccccc2)n1. The van der Waals surface area contributed by atoms with Crippen LogP contribution in [0.4, 0.5) is 0 Å². The van der Waals surface area contributed by atoms with Crippen molar-refractivity contribution in [2.45, 2.75) is 17.9 Å². The van der Waals surface area contributed by atoms with Crippen molar-refractivity contribution in [3.05, 3.63) is 71.0 Å². The Bertz CT molecular complexity index is 803. The lowest BCUT2D eigenvalue weighted by Crippen LogP contribution is -2.06. The van der Waals surface area contributed by atoms with Gasteiger partial charge in [-0.1, -0.05) is 47.1 Å². The van der Waals surface area contributed by atoms with Crippen LogP contribution in [0, 0.1) is 0 Å². The molecular weight excluding hydrogens is 332 g/mol. The molecule has 0 N–H and O–H groups in total. The van der Waals surface area contributed by atoms with Gasteiger partial charge in [0.05, 0.1) is 11.0 Å². The molecule has 0 aliphatic heterocycles. The Balaban J connectivity index is 1.71. The summed E-state index contributed by atoms with van der Waals surface area (Å²) in [7, 11) is -1.14. The maximum absolute atomic E-state index is 12.5. The molecule has 3 aromatic rings. The summed E-state index contributed by atoms with van der Waals surface area (Å²) in [5.41, 5.74) is 1.82. The molecule has 0 aliphatic carbocycles. The van der Waals surface area contributed by atoms with Crippen LogP contribution in [0.2, 0.25) is 5.02 Å². The lowest BCUT2D eigenvalue weighted by Gasteiger charge is -2.10. The first-order valence-electron chi connectivity index (χ1n) is 7.14. The Morgan fingerprint density at radius 3 is 2.52 bits per heavy atom. The molecule has 1 heterocycles. The minimum atomic E-state index is -1.14. The lowest BCUT2D eigenvalue weighted by atomic mass is 10.2. The minimum absolute atomic E-state index is 0.133. The van der Waals surface area contributed by atoms with Crippen LogP contribution in [0.15, 0.2) is 59.1 Å². The van der Waals surface area contributed by atoms with E-state index in [2.05, 4.69) is 10.1 Å². The van der Waals surface area contributed by atoms with E-state index in [1.807, 2.05) is 49.4 Å². The quantitative estimate of drug-likeness (QED) is 0.687. The van der Waals surface area contributed by atoms with E-state index in [0.717, 1.165) is 11.1 Å². The van der Waals surface area contributed by atoms with Crippen molar-refractivity contribution in [3.8, 4) is 11.5 Å². The molecule has 2 atom stereocenters. The van der Waals surface area contributed by atoms with E-state index < -0.39 is 10.8 Å². The molecular formula is C17H15ClN2O2S. The predicted molar refractivity (Wildman–Crippen MR) is 91.4 cm³/mol. The molecule has 0 fully saturated rings. The minimum Gasteiger partial charge on any atom is -0.334 e. The third-order valence-electron chi connectivity index (χ3n) is 3.49. The summed E-state index contributed by atoms with van der Waals surface area (Å²) < 4.78 is 17.7. The van der Waals surface area contributed by atoms with Crippen LogP contribution in [0.1, 0.15) is 23.6 Å². The van der Waals surface area contributed by atoms with Crippen molar-refractivity contribution in [2.75, 3.05) is 0 Å². The molecule has 6 heteroatoms. The first-order chi connectivity index (χ1) is 11.1. The highest BCUT2D eigenvalue weighted by Crippen LogP contribution is 2.24. The van der Waals surface area contributed by atoms with Gasteiger partial charge in [0.25, 0.3) is 5.89 Å². The summed E-state index contributed by atoms with van der Waals surface area (Å²) in [6, 6.07) is 16.9. The highest BCUT2D eigenvalue weighted by atomic mass is 35.5. The second-order valence-electron chi connectivity index (χ2n) is 5.10. The average Bonchev–Trinajstić information content (AvgIpc) is 3.04. The van der Waals surface area contributed by atoms with E-state index in [9.17, 15) is 4.21 Å². The van der Waals surface area contributed by atoms with E-state index in [1.54, 1.807) is 12.1 Å². The number of hydrogen-bond donors (Lipinski definition) is 0. The standard InChI is InChI=1S/C17H15ClN2O2S/c1-12(13-7-9-15(18)10-8-13)23(21)11-16-19-17(22-20-16)14-5-3-2-4-6-14/h2-10,12H,11H2,1H3/t12-,23+/m1/s1. The summed E-state index contributed by atoms with van der Waals surface area (Å²) in [6.45, 7) is 1.91. The van der Waals surface area contributed by atoms with Crippen molar-refractivity contribution in [3.63, 3.8) is 0 Å². The van der Waals surface area contributed by atoms with Crippen molar-refractivity contribution in [2.24, 2.45) is 0 Å². The Morgan fingerprint density at radius 1 is 1.13 bits per heavy atom. The van der Waals surface area contributed by atoms with Gasteiger partial charge in [0.1, 0.15) is 0 Å². The zero-order valence-electron chi connectivity index (χ0n) is 12.5. The number of aromatic nitrogens is 2. The van der Waals surface area contributed by atoms with Crippen LogP contribution in [0.25, 0.3) is 11.5 Å². The van der Waals surface area contributed by atoms with Gasteiger partial charge in [0, 0.05) is 21.4 Å². The zero-order chi connectivity index (χ0) is 16.2. The molecule has 0 amide bonds. The molecule has 2 aromatic carbocycles. The summed E-state index contributed by atoms with van der Waals surface area (Å²) in [4.78, 5) is 4.32. The summed E-state index contributed by atoms with van der Waals surface area (Å²) in [6.07, 6.45) is 0. The van der Waals surface area contributed by atoms with Gasteiger partial charge in [-0.05, 0) is 36.8 Å². The Labute approximate surface area is 142 Å². The molecule has 0 saturated carbocycles. The fraction of sp³-hybridized carbons (Fsp3) is 0.176. The van der Waals surface area contributed by atoms with Gasteiger partial charge in [0.15, 0.2) is 5.82 Å². The third-order valence-corrected chi connectivity index (χ3v) is 5.35. The van der Waals surface area contributed by atoms with Crippen LogP contribution in [-0.2, 0) is 16.6 Å². The highest BCUT2D eigenvalue weighted by Gasteiger charge is 2.17. The summed E-state index contributed by atoms with van der Waals surface area (Å²) in [5.74, 6) is 1.14. The van der Waals surface area contributed by atoms with Crippen molar-refractivity contribution in [1.29, 1.82) is 0 Å². The third kappa shape index (κ3) is 3.86. The Morgan fingerprint density at radius 2 is 1.83 bits per heavy atom. The van der Waals surface area contributed by atoms with Crippen molar-refractivity contribution < 1.29 is 8.73 Å². The van der Waals surface area contributed by atoms with E-state index in [1.165, 1.54) is 0 Å². The molecule has 23 heavy (non-hydrogen) atoms. The lowest BCUT2D eigenvalue weighted by molar-refractivity contribution is 0.425. The van der Waals surface area contributed by atoms with Gasteiger partial charge in [-0.25, -0.2) is 0 Å². The number of nitrogens with zero attached hydrogens (tertiary/aromatic N) is 2. The summed E-state index contributed by atoms with van der Waals surface area (Å²) in [5, 5.41) is 4.45. The number of halogens is 1. The van der Waals surface area contributed by atoms with Crippen LogP contribution >= 0.6 is 11.6 Å². The van der Waals surface area contributed by atoms with Gasteiger partial charge < -0.3 is 4.52 Å². The normalized spacial score (nSPS) is 13.7. The smallest absolute Gasteiger partial charge is 0.257 e. The predicted octanol–water partition coefficient (Wildman–Crippen LogP) is 4.40. The number of hydrogen-bond acceptors (Lipinski definition) is 4. The Kier molecular flexibility index (Phi) is 4.88. The largest absolute Gasteiger partial charge is 0.334 e. The van der Waals surface area contributed by atoms with Gasteiger partial charge in [0.2, 0.25) is 0 Å². The molecule has 1 aromatic heterocycles. The van der Waals surface area contributed by atoms with Crippen LogP contribution in [0.3, 0.4) is 0 Å². The first-order valence-corrected chi connectivity index (χ1v) is 8.90. The molecule has 118 valence electrons. The second kappa shape index (κ2) is 7.06. The molecule has 3 rings (SSSR count). The first kappa shape index (κ1) is 15.9. The van der Waals surface area contributed by atoms with Crippen molar-refractivity contribution >= 4 is 22.4 Å². The fourth-order valence-electron chi connectivity index (χ4n) is 2.15. The van der Waals surface area contributed by atoms with Gasteiger partial charge in [-0.15, -0.1) is 0 Å². The maximum atomic E-state index is 12.5. The maximum Gasteiger partial charge on any atom is 0.257 e. The highest BCUT2D eigenvalue weighted by molar-refractivity contribution is 7.84. The van der Waals surface area contributed by atoms with Crippen LogP contribution in [0.5, 0.6) is 0 Å². The molecule has 0 unspecified atom stereocenters. The van der Waals surface area contributed by atoms with Gasteiger partial charge in [-0.3, -0.25) is 4.21 Å². The van der Waals surface area contributed by atoms with Crippen LogP contribution < -0.4 is 0 Å². The second-order valence-corrected chi connectivity index (χ2v) is 7.29. The molecule has 0 saturated heterocycles. The van der Waals surface area contributed by atoms with Crippen LogP contribution in [-0.4, -0.2) is 14.3 Å². The van der Waals surface area contributed by atoms with E-state index in [0.29, 0.717) is 16.7 Å². The molecule has 0 spiro atoms. The summed E-state index contributed by atoms with van der Waals surface area (Å²) >= 11 is 5.88. The molecule has 0 aliphatic rings. The molecule has 0 radical (unpaired) electrons. The van der Waals surface area contributed by atoms with Gasteiger partial charge >= 0.3 is 0 Å². The molecule has 4 nitrogen and oxygen atoms in total. The topological polar surface area (TPSA) is 56.0 Å². The van der Waals surface area contributed by atoms with Crippen molar-refractivity contribution in [1.82, 2.24) is 10.1 Å². The molecule has 0 bridgehead atoms.